The molecule has 0 aliphatic rings. The zero-order chi connectivity index (χ0) is 9.68. The maximum absolute atomic E-state index is 9.63. The zero-order valence-corrected chi connectivity index (χ0v) is 7.94. The summed E-state index contributed by atoms with van der Waals surface area (Å²) in [5.41, 5.74) is 0. The van der Waals surface area contributed by atoms with E-state index in [9.17, 15) is 5.11 Å². The molecule has 1 aromatic rings. The van der Waals surface area contributed by atoms with Crippen LogP contribution >= 0.6 is 0 Å². The Morgan fingerprint density at radius 3 is 2.92 bits per heavy atom. The summed E-state index contributed by atoms with van der Waals surface area (Å²) in [6.07, 6.45) is 4.66. The van der Waals surface area contributed by atoms with Gasteiger partial charge in [-0.05, 0) is 30.9 Å². The molecular weight excluding hydrogens is 164 g/mol. The van der Waals surface area contributed by atoms with Crippen LogP contribution in [0.2, 0.25) is 0 Å². The first-order chi connectivity index (χ1) is 6.24. The van der Waals surface area contributed by atoms with Gasteiger partial charge < -0.3 is 9.52 Å². The molecule has 2 nitrogen and oxygen atoms in total. The van der Waals surface area contributed by atoms with Crippen molar-refractivity contribution in [3.8, 4) is 0 Å². The Kier molecular flexibility index (Phi) is 3.77. The molecule has 0 saturated carbocycles. The molecule has 0 aromatic carbocycles. The molecule has 2 heteroatoms. The Bertz CT molecular complexity index is 239. The van der Waals surface area contributed by atoms with Crippen LogP contribution in [0.5, 0.6) is 0 Å². The van der Waals surface area contributed by atoms with Gasteiger partial charge in [-0.1, -0.05) is 13.0 Å². The van der Waals surface area contributed by atoms with Crippen LogP contribution in [0, 0.1) is 5.92 Å². The van der Waals surface area contributed by atoms with E-state index in [-0.39, 0.29) is 0 Å². The summed E-state index contributed by atoms with van der Waals surface area (Å²) in [5, 5.41) is 9.63. The fourth-order valence-electron chi connectivity index (χ4n) is 1.16. The molecule has 2 atom stereocenters. The lowest BCUT2D eigenvalue weighted by Gasteiger charge is -2.09. The molecule has 1 aromatic heterocycles. The molecule has 0 bridgehead atoms. The molecule has 1 heterocycles. The van der Waals surface area contributed by atoms with E-state index in [0.29, 0.717) is 11.7 Å². The molecular formula is C11H16O2. The standard InChI is InChI=1S/C11H16O2/c1-3-9(2)6-7-10(12)11-5-4-8-13-11/h3-5,8-10,12H,1,6-7H2,2H3/t9-,10+/m0/s1. The molecule has 1 N–H and O–H groups in total. The van der Waals surface area contributed by atoms with Gasteiger partial charge >= 0.3 is 0 Å². The summed E-state index contributed by atoms with van der Waals surface area (Å²) in [5.74, 6) is 1.10. The topological polar surface area (TPSA) is 33.4 Å². The van der Waals surface area contributed by atoms with E-state index in [1.807, 2.05) is 6.08 Å². The number of aliphatic hydroxyl groups excluding tert-OH is 1. The fraction of sp³-hybridized carbons (Fsp3) is 0.455. The largest absolute Gasteiger partial charge is 0.467 e. The van der Waals surface area contributed by atoms with Gasteiger partial charge in [-0.25, -0.2) is 0 Å². The van der Waals surface area contributed by atoms with Crippen LogP contribution in [0.1, 0.15) is 31.6 Å². The first-order valence-electron chi connectivity index (χ1n) is 4.58. The van der Waals surface area contributed by atoms with Crippen molar-refractivity contribution in [3.63, 3.8) is 0 Å². The smallest absolute Gasteiger partial charge is 0.132 e. The van der Waals surface area contributed by atoms with Crippen LogP contribution in [0.3, 0.4) is 0 Å². The molecule has 0 amide bonds. The zero-order valence-electron chi connectivity index (χ0n) is 7.94. The normalized spacial score (nSPS) is 15.2. The maximum Gasteiger partial charge on any atom is 0.132 e. The van der Waals surface area contributed by atoms with Gasteiger partial charge in [-0.2, -0.15) is 0 Å². The third-order valence-electron chi connectivity index (χ3n) is 2.17. The summed E-state index contributed by atoms with van der Waals surface area (Å²) < 4.78 is 5.09. The Hall–Kier alpha value is -1.02. The Morgan fingerprint density at radius 1 is 1.62 bits per heavy atom. The molecule has 0 saturated heterocycles. The van der Waals surface area contributed by atoms with E-state index in [1.54, 1.807) is 18.4 Å². The Labute approximate surface area is 78.9 Å². The third kappa shape index (κ3) is 3.07. The number of hydrogen-bond donors (Lipinski definition) is 1. The van der Waals surface area contributed by atoms with Crippen molar-refractivity contribution in [1.29, 1.82) is 0 Å². The molecule has 13 heavy (non-hydrogen) atoms. The van der Waals surface area contributed by atoms with Gasteiger partial charge in [0.2, 0.25) is 0 Å². The van der Waals surface area contributed by atoms with E-state index in [4.69, 9.17) is 4.42 Å². The first kappa shape index (κ1) is 10.1. The van der Waals surface area contributed by atoms with Gasteiger partial charge in [0.05, 0.1) is 6.26 Å². The van der Waals surface area contributed by atoms with Gasteiger partial charge in [0, 0.05) is 0 Å². The van der Waals surface area contributed by atoms with E-state index in [0.717, 1.165) is 12.8 Å². The summed E-state index contributed by atoms with van der Waals surface area (Å²) in [6.45, 7) is 5.78. The lowest BCUT2D eigenvalue weighted by molar-refractivity contribution is 0.134. The number of rotatable bonds is 5. The van der Waals surface area contributed by atoms with E-state index < -0.39 is 6.10 Å². The predicted octanol–water partition coefficient (Wildman–Crippen LogP) is 2.92. The second kappa shape index (κ2) is 4.87. The van der Waals surface area contributed by atoms with Crippen LogP contribution < -0.4 is 0 Å². The van der Waals surface area contributed by atoms with Crippen LogP contribution in [0.25, 0.3) is 0 Å². The van der Waals surface area contributed by atoms with E-state index in [2.05, 4.69) is 13.5 Å². The molecule has 0 radical (unpaired) electrons. The van der Waals surface area contributed by atoms with E-state index >= 15 is 0 Å². The minimum absolute atomic E-state index is 0.449. The van der Waals surface area contributed by atoms with Crippen LogP contribution in [0.15, 0.2) is 35.5 Å². The predicted molar refractivity (Wildman–Crippen MR) is 52.3 cm³/mol. The molecule has 1 rings (SSSR count). The van der Waals surface area contributed by atoms with Crippen molar-refractivity contribution in [2.45, 2.75) is 25.9 Å². The summed E-state index contributed by atoms with van der Waals surface area (Å²) in [4.78, 5) is 0. The number of aliphatic hydroxyl groups is 1. The van der Waals surface area contributed by atoms with Crippen LogP contribution in [-0.4, -0.2) is 5.11 Å². The molecule has 0 fully saturated rings. The highest BCUT2D eigenvalue weighted by atomic mass is 16.4. The maximum atomic E-state index is 9.63. The van der Waals surface area contributed by atoms with Crippen molar-refractivity contribution in [3.05, 3.63) is 36.8 Å². The molecule has 0 spiro atoms. The third-order valence-corrected chi connectivity index (χ3v) is 2.17. The van der Waals surface area contributed by atoms with Crippen LogP contribution in [-0.2, 0) is 0 Å². The van der Waals surface area contributed by atoms with Crippen molar-refractivity contribution in [2.24, 2.45) is 5.92 Å². The Morgan fingerprint density at radius 2 is 2.38 bits per heavy atom. The highest BCUT2D eigenvalue weighted by Crippen LogP contribution is 2.21. The summed E-state index contributed by atoms with van der Waals surface area (Å²) >= 11 is 0. The minimum atomic E-state index is -0.475. The number of allylic oxidation sites excluding steroid dienone is 1. The number of hydrogen-bond acceptors (Lipinski definition) is 2. The van der Waals surface area contributed by atoms with Crippen molar-refractivity contribution in [1.82, 2.24) is 0 Å². The molecule has 0 aliphatic heterocycles. The molecule has 0 aliphatic carbocycles. The second-order valence-electron chi connectivity index (χ2n) is 3.32. The van der Waals surface area contributed by atoms with Crippen LogP contribution in [0.4, 0.5) is 0 Å². The molecule has 72 valence electrons. The first-order valence-corrected chi connectivity index (χ1v) is 4.58. The number of furan rings is 1. The average Bonchev–Trinajstić information content (AvgIpc) is 2.66. The van der Waals surface area contributed by atoms with Crippen molar-refractivity contribution < 1.29 is 9.52 Å². The monoisotopic (exact) mass is 180 g/mol. The summed E-state index contributed by atoms with van der Waals surface area (Å²) in [6, 6.07) is 3.58. The minimum Gasteiger partial charge on any atom is -0.467 e. The SMILES string of the molecule is C=C[C@H](C)CC[C@@H](O)c1ccco1. The highest BCUT2D eigenvalue weighted by molar-refractivity contribution is 5.01. The lowest BCUT2D eigenvalue weighted by Crippen LogP contribution is -1.98. The van der Waals surface area contributed by atoms with Crippen molar-refractivity contribution in [2.75, 3.05) is 0 Å². The van der Waals surface area contributed by atoms with Gasteiger partial charge in [-0.3, -0.25) is 0 Å². The Balaban J connectivity index is 2.34. The highest BCUT2D eigenvalue weighted by Gasteiger charge is 2.10. The van der Waals surface area contributed by atoms with Gasteiger partial charge in [-0.15, -0.1) is 6.58 Å². The van der Waals surface area contributed by atoms with E-state index in [1.165, 1.54) is 0 Å². The van der Waals surface area contributed by atoms with Crippen molar-refractivity contribution >= 4 is 0 Å². The van der Waals surface area contributed by atoms with Gasteiger partial charge in [0.25, 0.3) is 0 Å². The second-order valence-corrected chi connectivity index (χ2v) is 3.32. The van der Waals surface area contributed by atoms with Gasteiger partial charge in [0.1, 0.15) is 11.9 Å². The van der Waals surface area contributed by atoms with Gasteiger partial charge in [0.15, 0.2) is 0 Å². The lowest BCUT2D eigenvalue weighted by atomic mass is 10.0. The quantitative estimate of drug-likeness (QED) is 0.707. The average molecular weight is 180 g/mol. The fourth-order valence-corrected chi connectivity index (χ4v) is 1.16. The summed E-state index contributed by atoms with van der Waals surface area (Å²) in [7, 11) is 0. The molecule has 0 unspecified atom stereocenters.